The van der Waals surface area contributed by atoms with Crippen molar-refractivity contribution in [3.8, 4) is 0 Å². The smallest absolute Gasteiger partial charge is 0.317 e. The number of nitrogens with one attached hydrogen (secondary N) is 1. The predicted molar refractivity (Wildman–Crippen MR) is 76.7 cm³/mol. The molecule has 1 aliphatic carbocycles. The van der Waals surface area contributed by atoms with Crippen molar-refractivity contribution in [1.82, 2.24) is 24.7 Å². The van der Waals surface area contributed by atoms with Crippen LogP contribution in [0.15, 0.2) is 12.4 Å². The molecule has 1 aliphatic heterocycles. The average Bonchev–Trinajstić information content (AvgIpc) is 3.19. The van der Waals surface area contributed by atoms with Crippen molar-refractivity contribution < 1.29 is 4.79 Å². The van der Waals surface area contributed by atoms with Gasteiger partial charge in [0, 0.05) is 57.6 Å². The van der Waals surface area contributed by atoms with E-state index in [-0.39, 0.29) is 6.03 Å². The van der Waals surface area contributed by atoms with Crippen LogP contribution in [0.1, 0.15) is 24.6 Å². The third-order valence-electron chi connectivity index (χ3n) is 4.11. The Balaban J connectivity index is 1.43. The number of hydrogen-bond acceptors (Lipinski definition) is 3. The van der Waals surface area contributed by atoms with Gasteiger partial charge in [0.15, 0.2) is 0 Å². The molecule has 3 rings (SSSR count). The summed E-state index contributed by atoms with van der Waals surface area (Å²) in [5.41, 5.74) is 0. The quantitative estimate of drug-likeness (QED) is 0.882. The summed E-state index contributed by atoms with van der Waals surface area (Å²) in [7, 11) is 2.09. The number of carbonyl (C=O) groups is 1. The maximum absolute atomic E-state index is 12.0. The van der Waals surface area contributed by atoms with Gasteiger partial charge in [-0.05, 0) is 19.9 Å². The van der Waals surface area contributed by atoms with Gasteiger partial charge in [-0.2, -0.15) is 0 Å². The fourth-order valence-electron chi connectivity index (χ4n) is 2.62. The summed E-state index contributed by atoms with van der Waals surface area (Å²) >= 11 is 0. The van der Waals surface area contributed by atoms with E-state index >= 15 is 0 Å². The zero-order valence-electron chi connectivity index (χ0n) is 12.1. The largest absolute Gasteiger partial charge is 0.336 e. The highest BCUT2D eigenvalue weighted by Gasteiger charge is 2.27. The van der Waals surface area contributed by atoms with E-state index in [1.54, 1.807) is 0 Å². The first-order valence-electron chi connectivity index (χ1n) is 7.46. The molecule has 1 saturated heterocycles. The molecule has 1 N–H and O–H groups in total. The SMILES string of the molecule is CN1CCN(C(=O)NCCn2ccnc2C2CC2)CC1. The molecule has 0 unspecified atom stereocenters. The fraction of sp³-hybridized carbons (Fsp3) is 0.714. The van der Waals surface area contributed by atoms with Crippen molar-refractivity contribution in [1.29, 1.82) is 0 Å². The van der Waals surface area contributed by atoms with Crippen molar-refractivity contribution in [2.75, 3.05) is 39.8 Å². The molecule has 0 atom stereocenters. The van der Waals surface area contributed by atoms with E-state index in [1.807, 2.05) is 17.3 Å². The van der Waals surface area contributed by atoms with Crippen LogP contribution in [0, 0.1) is 0 Å². The Hall–Kier alpha value is -1.56. The van der Waals surface area contributed by atoms with Gasteiger partial charge in [0.2, 0.25) is 0 Å². The first-order chi connectivity index (χ1) is 9.74. The second-order valence-corrected chi connectivity index (χ2v) is 5.78. The van der Waals surface area contributed by atoms with Crippen LogP contribution in [-0.2, 0) is 6.54 Å². The Morgan fingerprint density at radius 3 is 2.80 bits per heavy atom. The summed E-state index contributed by atoms with van der Waals surface area (Å²) in [6.07, 6.45) is 6.38. The first kappa shape index (κ1) is 13.4. The second kappa shape index (κ2) is 5.83. The lowest BCUT2D eigenvalue weighted by molar-refractivity contribution is 0.154. The molecule has 1 aromatic rings. The standard InChI is InChI=1S/C14H23N5O/c1-17-8-10-19(11-9-17)14(20)16-5-7-18-6-4-15-13(18)12-2-3-12/h4,6,12H,2-3,5,7-11H2,1H3,(H,16,20). The summed E-state index contributed by atoms with van der Waals surface area (Å²) in [5.74, 6) is 1.83. The first-order valence-corrected chi connectivity index (χ1v) is 7.46. The van der Waals surface area contributed by atoms with Crippen LogP contribution in [-0.4, -0.2) is 65.2 Å². The minimum absolute atomic E-state index is 0.0613. The maximum Gasteiger partial charge on any atom is 0.317 e. The molecule has 20 heavy (non-hydrogen) atoms. The Morgan fingerprint density at radius 2 is 2.10 bits per heavy atom. The third kappa shape index (κ3) is 3.12. The number of likely N-dealkylation sites (N-methyl/N-ethyl adjacent to an activating group) is 1. The summed E-state index contributed by atoms with van der Waals surface area (Å²) < 4.78 is 2.17. The van der Waals surface area contributed by atoms with Crippen LogP contribution >= 0.6 is 0 Å². The second-order valence-electron chi connectivity index (χ2n) is 5.78. The molecular weight excluding hydrogens is 254 g/mol. The Kier molecular flexibility index (Phi) is 3.91. The highest BCUT2D eigenvalue weighted by Crippen LogP contribution is 2.38. The van der Waals surface area contributed by atoms with Gasteiger partial charge in [-0.15, -0.1) is 0 Å². The van der Waals surface area contributed by atoms with E-state index in [2.05, 4.69) is 26.8 Å². The topological polar surface area (TPSA) is 53.4 Å². The average molecular weight is 277 g/mol. The molecule has 2 aliphatic rings. The van der Waals surface area contributed by atoms with Gasteiger partial charge in [-0.3, -0.25) is 0 Å². The van der Waals surface area contributed by atoms with E-state index in [4.69, 9.17) is 0 Å². The molecule has 0 spiro atoms. The minimum atomic E-state index is 0.0613. The lowest BCUT2D eigenvalue weighted by Gasteiger charge is -2.32. The van der Waals surface area contributed by atoms with Gasteiger partial charge in [-0.25, -0.2) is 9.78 Å². The van der Waals surface area contributed by atoms with Crippen molar-refractivity contribution in [3.63, 3.8) is 0 Å². The summed E-state index contributed by atoms with van der Waals surface area (Å²) in [4.78, 5) is 20.6. The molecule has 110 valence electrons. The highest BCUT2D eigenvalue weighted by atomic mass is 16.2. The zero-order chi connectivity index (χ0) is 13.9. The number of carbonyl (C=O) groups excluding carboxylic acids is 1. The number of imidazole rings is 1. The molecule has 1 saturated carbocycles. The van der Waals surface area contributed by atoms with E-state index in [0.717, 1.165) is 32.7 Å². The molecule has 2 amide bonds. The molecular formula is C14H23N5O. The Morgan fingerprint density at radius 1 is 1.35 bits per heavy atom. The number of piperazine rings is 1. The van der Waals surface area contributed by atoms with E-state index in [0.29, 0.717) is 12.5 Å². The lowest BCUT2D eigenvalue weighted by atomic mass is 10.3. The third-order valence-corrected chi connectivity index (χ3v) is 4.11. The van der Waals surface area contributed by atoms with Gasteiger partial charge < -0.3 is 19.7 Å². The number of urea groups is 1. The molecule has 0 bridgehead atoms. The molecule has 0 aromatic carbocycles. The summed E-state index contributed by atoms with van der Waals surface area (Å²) in [5, 5.41) is 3.01. The van der Waals surface area contributed by atoms with Gasteiger partial charge >= 0.3 is 6.03 Å². The van der Waals surface area contributed by atoms with Gasteiger partial charge in [0.25, 0.3) is 0 Å². The maximum atomic E-state index is 12.0. The van der Waals surface area contributed by atoms with Crippen LogP contribution in [0.25, 0.3) is 0 Å². The van der Waals surface area contributed by atoms with Crippen LogP contribution in [0.3, 0.4) is 0 Å². The monoisotopic (exact) mass is 277 g/mol. The van der Waals surface area contributed by atoms with Crippen LogP contribution < -0.4 is 5.32 Å². The highest BCUT2D eigenvalue weighted by molar-refractivity contribution is 5.74. The fourth-order valence-corrected chi connectivity index (χ4v) is 2.62. The summed E-state index contributed by atoms with van der Waals surface area (Å²) in [6, 6.07) is 0.0613. The van der Waals surface area contributed by atoms with Crippen LogP contribution in [0.5, 0.6) is 0 Å². The number of nitrogens with zero attached hydrogens (tertiary/aromatic N) is 4. The minimum Gasteiger partial charge on any atom is -0.336 e. The number of rotatable bonds is 4. The Labute approximate surface area is 119 Å². The molecule has 6 heteroatoms. The van der Waals surface area contributed by atoms with E-state index in [1.165, 1.54) is 18.7 Å². The molecule has 1 aromatic heterocycles. The van der Waals surface area contributed by atoms with Gasteiger partial charge in [0.1, 0.15) is 5.82 Å². The molecule has 0 radical (unpaired) electrons. The van der Waals surface area contributed by atoms with Gasteiger partial charge in [-0.1, -0.05) is 0 Å². The molecule has 6 nitrogen and oxygen atoms in total. The van der Waals surface area contributed by atoms with Crippen LogP contribution in [0.2, 0.25) is 0 Å². The predicted octanol–water partition coefficient (Wildman–Crippen LogP) is 0.718. The van der Waals surface area contributed by atoms with Gasteiger partial charge in [0.05, 0.1) is 0 Å². The Bertz CT molecular complexity index is 460. The van der Waals surface area contributed by atoms with Crippen molar-refractivity contribution in [3.05, 3.63) is 18.2 Å². The number of amides is 2. The lowest BCUT2D eigenvalue weighted by Crippen LogP contribution is -2.51. The number of hydrogen-bond donors (Lipinski definition) is 1. The normalized spacial score (nSPS) is 20.1. The number of aromatic nitrogens is 2. The van der Waals surface area contributed by atoms with E-state index in [9.17, 15) is 4.79 Å². The molecule has 2 fully saturated rings. The van der Waals surface area contributed by atoms with Crippen molar-refractivity contribution in [2.45, 2.75) is 25.3 Å². The zero-order valence-corrected chi connectivity index (χ0v) is 12.1. The van der Waals surface area contributed by atoms with Crippen LogP contribution in [0.4, 0.5) is 4.79 Å². The molecule has 2 heterocycles. The van der Waals surface area contributed by atoms with E-state index < -0.39 is 0 Å². The van der Waals surface area contributed by atoms with Crippen molar-refractivity contribution in [2.24, 2.45) is 0 Å². The van der Waals surface area contributed by atoms with Crippen molar-refractivity contribution >= 4 is 6.03 Å². The summed E-state index contributed by atoms with van der Waals surface area (Å²) in [6.45, 7) is 5.04.